The van der Waals surface area contributed by atoms with E-state index in [0.717, 1.165) is 35.7 Å². The van der Waals surface area contributed by atoms with E-state index in [1.165, 1.54) is 11.1 Å². The molecule has 0 aliphatic carbocycles. The van der Waals surface area contributed by atoms with Crippen molar-refractivity contribution in [2.24, 2.45) is 5.10 Å². The third-order valence-electron chi connectivity index (χ3n) is 5.84. The monoisotopic (exact) mass is 407 g/mol. The van der Waals surface area contributed by atoms with Crippen molar-refractivity contribution in [2.75, 3.05) is 40.0 Å². The molecule has 1 fully saturated rings. The summed E-state index contributed by atoms with van der Waals surface area (Å²) in [4.78, 5) is 15.5. The summed E-state index contributed by atoms with van der Waals surface area (Å²) in [5.74, 6) is 0.797. The highest BCUT2D eigenvalue weighted by Crippen LogP contribution is 2.36. The fourth-order valence-electron chi connectivity index (χ4n) is 4.17. The van der Waals surface area contributed by atoms with E-state index in [-0.39, 0.29) is 11.9 Å². The minimum Gasteiger partial charge on any atom is -0.496 e. The first-order chi connectivity index (χ1) is 14.6. The van der Waals surface area contributed by atoms with Gasteiger partial charge in [0.2, 0.25) is 0 Å². The number of nitrogens with zero attached hydrogens (tertiary/aromatic N) is 3. The highest BCUT2D eigenvalue weighted by molar-refractivity contribution is 6.05. The summed E-state index contributed by atoms with van der Waals surface area (Å²) < 4.78 is 11.0. The molecule has 2 aromatic rings. The number of morpholine rings is 1. The Labute approximate surface area is 178 Å². The van der Waals surface area contributed by atoms with Gasteiger partial charge in [-0.1, -0.05) is 35.9 Å². The molecule has 30 heavy (non-hydrogen) atoms. The largest absolute Gasteiger partial charge is 0.496 e. The van der Waals surface area contributed by atoms with Crippen LogP contribution in [0.1, 0.15) is 34.7 Å². The number of methoxy groups -OCH3 is 1. The fraction of sp³-hybridized carbons (Fsp3) is 0.417. The summed E-state index contributed by atoms with van der Waals surface area (Å²) in [5.41, 5.74) is 5.33. The van der Waals surface area contributed by atoms with Gasteiger partial charge in [0.25, 0.3) is 5.91 Å². The quantitative estimate of drug-likeness (QED) is 0.763. The van der Waals surface area contributed by atoms with Crippen LogP contribution in [0.25, 0.3) is 0 Å². The van der Waals surface area contributed by atoms with Crippen LogP contribution >= 0.6 is 0 Å². The van der Waals surface area contributed by atoms with Crippen LogP contribution in [-0.4, -0.2) is 61.5 Å². The van der Waals surface area contributed by atoms with Crippen LogP contribution in [-0.2, 0) is 9.53 Å². The summed E-state index contributed by atoms with van der Waals surface area (Å²) in [6.07, 6.45) is 0.666. The molecular formula is C24H29N3O3. The van der Waals surface area contributed by atoms with Crippen LogP contribution in [0.5, 0.6) is 5.75 Å². The van der Waals surface area contributed by atoms with Crippen molar-refractivity contribution in [3.8, 4) is 5.75 Å². The van der Waals surface area contributed by atoms with E-state index in [0.29, 0.717) is 26.2 Å². The lowest BCUT2D eigenvalue weighted by Crippen LogP contribution is -2.43. The van der Waals surface area contributed by atoms with Gasteiger partial charge in [0, 0.05) is 25.1 Å². The Balaban J connectivity index is 1.67. The number of aryl methyl sites for hydroxylation is 2. The van der Waals surface area contributed by atoms with Gasteiger partial charge in [-0.25, -0.2) is 5.01 Å². The van der Waals surface area contributed by atoms with E-state index >= 15 is 0 Å². The molecule has 2 heterocycles. The van der Waals surface area contributed by atoms with Gasteiger partial charge in [0.05, 0.1) is 38.6 Å². The topological polar surface area (TPSA) is 54.4 Å². The van der Waals surface area contributed by atoms with Gasteiger partial charge in [-0.2, -0.15) is 5.10 Å². The van der Waals surface area contributed by atoms with E-state index in [9.17, 15) is 4.79 Å². The second kappa shape index (κ2) is 8.98. The Morgan fingerprint density at radius 1 is 1.17 bits per heavy atom. The van der Waals surface area contributed by atoms with Crippen LogP contribution in [0, 0.1) is 13.8 Å². The van der Waals surface area contributed by atoms with Gasteiger partial charge in [-0.05, 0) is 37.1 Å². The predicted molar refractivity (Wildman–Crippen MR) is 117 cm³/mol. The molecule has 1 saturated heterocycles. The van der Waals surface area contributed by atoms with Gasteiger partial charge in [-0.15, -0.1) is 0 Å². The fourth-order valence-corrected chi connectivity index (χ4v) is 4.17. The molecule has 0 radical (unpaired) electrons. The van der Waals surface area contributed by atoms with Crippen molar-refractivity contribution in [1.82, 2.24) is 9.91 Å². The van der Waals surface area contributed by atoms with Crippen LogP contribution < -0.4 is 4.74 Å². The van der Waals surface area contributed by atoms with E-state index in [1.54, 1.807) is 12.1 Å². The van der Waals surface area contributed by atoms with E-state index in [4.69, 9.17) is 14.6 Å². The first kappa shape index (κ1) is 20.6. The lowest BCUT2D eigenvalue weighted by molar-refractivity contribution is -0.135. The van der Waals surface area contributed by atoms with E-state index in [1.807, 2.05) is 24.3 Å². The number of rotatable bonds is 5. The van der Waals surface area contributed by atoms with Gasteiger partial charge in [-0.3, -0.25) is 9.69 Å². The lowest BCUT2D eigenvalue weighted by Gasteiger charge is -2.29. The molecule has 0 aromatic heterocycles. The smallest absolute Gasteiger partial charge is 0.257 e. The van der Waals surface area contributed by atoms with Crippen molar-refractivity contribution in [3.05, 3.63) is 64.7 Å². The summed E-state index contributed by atoms with van der Waals surface area (Å²) in [5, 5.41) is 6.52. The maximum atomic E-state index is 13.3. The summed E-state index contributed by atoms with van der Waals surface area (Å²) >= 11 is 0. The Bertz CT molecular complexity index is 950. The molecule has 1 amide bonds. The van der Waals surface area contributed by atoms with Crippen molar-refractivity contribution in [2.45, 2.75) is 26.3 Å². The van der Waals surface area contributed by atoms with Crippen LogP contribution in [0.3, 0.4) is 0 Å². The highest BCUT2D eigenvalue weighted by atomic mass is 16.5. The third kappa shape index (κ3) is 4.25. The normalized spacial score (nSPS) is 19.6. The molecule has 0 bridgehead atoms. The molecule has 0 saturated carbocycles. The lowest BCUT2D eigenvalue weighted by atomic mass is 9.93. The summed E-state index contributed by atoms with van der Waals surface area (Å²) in [6, 6.07) is 14.2. The Hall–Kier alpha value is -2.70. The molecule has 158 valence electrons. The number of ether oxygens (including phenoxy) is 2. The summed E-state index contributed by atoms with van der Waals surface area (Å²) in [6.45, 7) is 7.42. The number of benzene rings is 2. The first-order valence-corrected chi connectivity index (χ1v) is 10.5. The van der Waals surface area contributed by atoms with Gasteiger partial charge in [0.1, 0.15) is 5.75 Å². The number of hydrogen-bond acceptors (Lipinski definition) is 5. The summed E-state index contributed by atoms with van der Waals surface area (Å²) in [7, 11) is 1.66. The molecule has 6 heteroatoms. The molecule has 0 N–H and O–H groups in total. The minimum atomic E-state index is -0.113. The minimum absolute atomic E-state index is 0.0210. The third-order valence-corrected chi connectivity index (χ3v) is 5.84. The van der Waals surface area contributed by atoms with Gasteiger partial charge >= 0.3 is 0 Å². The maximum Gasteiger partial charge on any atom is 0.257 e. The van der Waals surface area contributed by atoms with Crippen molar-refractivity contribution >= 4 is 11.6 Å². The second-order valence-electron chi connectivity index (χ2n) is 7.95. The van der Waals surface area contributed by atoms with E-state index in [2.05, 4.69) is 36.9 Å². The zero-order chi connectivity index (χ0) is 21.1. The predicted octanol–water partition coefficient (Wildman–Crippen LogP) is 3.32. The number of hydrazone groups is 1. The zero-order valence-corrected chi connectivity index (χ0v) is 17.9. The number of carbonyl (C=O) groups excluding carboxylic acids is 1. The maximum absolute atomic E-state index is 13.3. The van der Waals surface area contributed by atoms with Crippen LogP contribution in [0.15, 0.2) is 47.6 Å². The molecular weight excluding hydrogens is 378 g/mol. The number of hydrogen-bond donors (Lipinski definition) is 0. The molecule has 0 spiro atoms. The SMILES string of the molecule is COc1ccccc1C1=NN(C(=O)CN2CCOCC2)C(c2cc(C)ccc2C)C1. The standard InChI is InChI=1S/C24H29N3O3/c1-17-8-9-18(2)20(14-17)22-15-21(19-6-4-5-7-23(19)29-3)25-27(22)24(28)16-26-10-12-30-13-11-26/h4-9,14,22H,10-13,15-16H2,1-3H3. The van der Waals surface area contributed by atoms with Gasteiger partial charge in [0.15, 0.2) is 0 Å². The average Bonchev–Trinajstić information content (AvgIpc) is 3.21. The molecule has 4 rings (SSSR count). The highest BCUT2D eigenvalue weighted by Gasteiger charge is 2.35. The van der Waals surface area contributed by atoms with Crippen LogP contribution in [0.4, 0.5) is 0 Å². The number of para-hydroxylation sites is 1. The number of amides is 1. The Kier molecular flexibility index (Phi) is 6.16. The Morgan fingerprint density at radius 3 is 2.70 bits per heavy atom. The molecule has 1 atom stereocenters. The number of carbonyl (C=O) groups is 1. The molecule has 2 aromatic carbocycles. The first-order valence-electron chi connectivity index (χ1n) is 10.5. The van der Waals surface area contributed by atoms with Crippen LogP contribution in [0.2, 0.25) is 0 Å². The van der Waals surface area contributed by atoms with E-state index < -0.39 is 0 Å². The van der Waals surface area contributed by atoms with Gasteiger partial charge < -0.3 is 9.47 Å². The molecule has 2 aliphatic heterocycles. The molecule has 2 aliphatic rings. The van der Waals surface area contributed by atoms with Crippen molar-refractivity contribution in [1.29, 1.82) is 0 Å². The average molecular weight is 408 g/mol. The van der Waals surface area contributed by atoms with Crippen molar-refractivity contribution < 1.29 is 14.3 Å². The Morgan fingerprint density at radius 2 is 1.93 bits per heavy atom. The zero-order valence-electron chi connectivity index (χ0n) is 17.9. The van der Waals surface area contributed by atoms with Crippen molar-refractivity contribution in [3.63, 3.8) is 0 Å². The second-order valence-corrected chi connectivity index (χ2v) is 7.95. The molecule has 1 unspecified atom stereocenters. The molecule has 6 nitrogen and oxygen atoms in total.